The van der Waals surface area contributed by atoms with E-state index in [9.17, 15) is 25.3 Å². The van der Waals surface area contributed by atoms with Crippen LogP contribution in [0.1, 0.15) is 11.1 Å². The van der Waals surface area contributed by atoms with Crippen LogP contribution < -0.4 is 18.9 Å². The van der Waals surface area contributed by atoms with Crippen molar-refractivity contribution in [3.05, 3.63) is 254 Å². The molecule has 0 bridgehead atoms. The molecule has 0 radical (unpaired) electrons. The third kappa shape index (κ3) is 12.5. The lowest BCUT2D eigenvalue weighted by Crippen LogP contribution is -2.02. The molecule has 10 aromatic carbocycles. The van der Waals surface area contributed by atoms with E-state index < -0.39 is 29.5 Å². The monoisotopic (exact) mass is 1080 g/mol. The van der Waals surface area contributed by atoms with Gasteiger partial charge in [0.15, 0.2) is 0 Å². The smallest absolute Gasteiger partial charge is 0.206 e. The predicted molar refractivity (Wildman–Crippen MR) is 300 cm³/mol. The average Bonchev–Trinajstić information content (AvgIpc) is 3.46. The van der Waals surface area contributed by atoms with Crippen molar-refractivity contribution in [2.75, 3.05) is 14.2 Å². The molecule has 0 unspecified atom stereocenters. The first-order valence-corrected chi connectivity index (χ1v) is 28.7. The van der Waals surface area contributed by atoms with Crippen LogP contribution >= 0.6 is 0 Å². The maximum absolute atomic E-state index is 13.4. The Bertz CT molecular complexity index is 3940. The average molecular weight is 1080 g/mol. The largest absolute Gasteiger partial charge is 0.497 e. The summed E-state index contributed by atoms with van der Waals surface area (Å²) in [5.74, 6) is 3.99. The Morgan fingerprint density at radius 1 is 0.221 bits per heavy atom. The number of rotatable bonds is 15. The third-order valence-corrected chi connectivity index (χ3v) is 18.0. The second-order valence-electron chi connectivity index (χ2n) is 17.8. The van der Waals surface area contributed by atoms with Gasteiger partial charge in [0.25, 0.3) is 0 Å². The minimum Gasteiger partial charge on any atom is -0.497 e. The Morgan fingerprint density at radius 2 is 0.377 bits per heavy atom. The van der Waals surface area contributed by atoms with Crippen molar-refractivity contribution < 1.29 is 44.2 Å². The molecule has 10 rings (SSSR count). The van der Waals surface area contributed by atoms with Crippen molar-refractivity contribution in [1.29, 1.82) is 0 Å². The molecule has 13 heteroatoms. The number of sulfone groups is 3. The molecule has 386 valence electrons. The van der Waals surface area contributed by atoms with Crippen LogP contribution in [0.5, 0.6) is 34.5 Å². The number of benzene rings is 10. The highest BCUT2D eigenvalue weighted by Crippen LogP contribution is 2.33. The van der Waals surface area contributed by atoms with Gasteiger partial charge in [0.05, 0.1) is 43.6 Å². The zero-order valence-corrected chi connectivity index (χ0v) is 44.9. The van der Waals surface area contributed by atoms with Crippen molar-refractivity contribution in [2.45, 2.75) is 43.2 Å². The van der Waals surface area contributed by atoms with Gasteiger partial charge in [0, 0.05) is 0 Å². The van der Waals surface area contributed by atoms with Crippen LogP contribution in [-0.4, -0.2) is 39.5 Å². The number of hydrogen-bond donors (Lipinski definition) is 0. The molecule has 10 aromatic rings. The molecule has 0 N–H and O–H groups in total. The summed E-state index contributed by atoms with van der Waals surface area (Å²) < 4.78 is 101. The highest BCUT2D eigenvalue weighted by Gasteiger charge is 2.21. The third-order valence-electron chi connectivity index (χ3n) is 12.6. The van der Waals surface area contributed by atoms with E-state index in [0.717, 1.165) is 56.0 Å². The van der Waals surface area contributed by atoms with E-state index in [4.69, 9.17) is 18.9 Å². The second kappa shape index (κ2) is 23.0. The van der Waals surface area contributed by atoms with Crippen LogP contribution in [-0.2, 0) is 29.5 Å². The Labute approximate surface area is 450 Å². The fourth-order valence-electron chi connectivity index (χ4n) is 8.14. The maximum Gasteiger partial charge on any atom is 0.206 e. The van der Waals surface area contributed by atoms with Crippen molar-refractivity contribution >= 4 is 29.5 Å². The van der Waals surface area contributed by atoms with Gasteiger partial charge in [-0.05, 0) is 193 Å². The summed E-state index contributed by atoms with van der Waals surface area (Å²) in [4.78, 5) is 1.24. The minimum atomic E-state index is -3.77. The summed E-state index contributed by atoms with van der Waals surface area (Å²) in [6, 6.07) is 70.4. The van der Waals surface area contributed by atoms with Crippen LogP contribution in [0, 0.1) is 13.8 Å². The van der Waals surface area contributed by atoms with Crippen LogP contribution in [0.25, 0.3) is 33.4 Å². The van der Waals surface area contributed by atoms with Crippen molar-refractivity contribution in [3.8, 4) is 67.9 Å². The van der Waals surface area contributed by atoms with Gasteiger partial charge in [-0.1, -0.05) is 108 Å². The Hall–Kier alpha value is -8.75. The van der Waals surface area contributed by atoms with Gasteiger partial charge in [0.1, 0.15) is 34.5 Å². The van der Waals surface area contributed by atoms with E-state index in [0.29, 0.717) is 23.0 Å². The van der Waals surface area contributed by atoms with Gasteiger partial charge in [-0.25, -0.2) is 25.3 Å². The fraction of sp³-hybridized carbons (Fsp3) is 0.0625. The second-order valence-corrected chi connectivity index (χ2v) is 23.7. The molecule has 0 saturated heterocycles. The van der Waals surface area contributed by atoms with Crippen LogP contribution in [0.3, 0.4) is 0 Å². The van der Waals surface area contributed by atoms with Gasteiger partial charge in [-0.15, -0.1) is 0 Å². The van der Waals surface area contributed by atoms with Gasteiger partial charge in [0.2, 0.25) is 29.5 Å². The van der Waals surface area contributed by atoms with E-state index >= 15 is 0 Å². The molecule has 77 heavy (non-hydrogen) atoms. The van der Waals surface area contributed by atoms with Gasteiger partial charge in [-0.2, -0.15) is 0 Å². The molecule has 0 aliphatic carbocycles. The standard InChI is InChI=1S/C38H30O6S2.C26H22O4S/c1-27-3-19-35(20-4-27)45(39,40)36-21-9-30(10-22-36)31-11-23-37(24-12-31)46(41,42)38-25-17-34(18-26-38)44-33-15-7-29(8-16-33)28-5-13-32(43-2)14-6-28;1-19-3-15-25(16-4-19)31(27,28)26-17-13-24(14-18-26)30-23-11-7-21(8-12-23)20-5-9-22(29-2)10-6-20/h3-26H,1-2H3;3-18H,1-2H3. The summed E-state index contributed by atoms with van der Waals surface area (Å²) in [6.45, 7) is 3.82. The number of ether oxygens (including phenoxy) is 4. The molecule has 0 aliphatic rings. The lowest BCUT2D eigenvalue weighted by molar-refractivity contribution is 0.415. The fourth-order valence-corrected chi connectivity index (χ4v) is 11.9. The summed E-state index contributed by atoms with van der Waals surface area (Å²) >= 11 is 0. The van der Waals surface area contributed by atoms with Crippen molar-refractivity contribution in [2.24, 2.45) is 0 Å². The van der Waals surface area contributed by atoms with Crippen LogP contribution in [0.4, 0.5) is 0 Å². The van der Waals surface area contributed by atoms with E-state index in [1.807, 2.05) is 111 Å². The topological polar surface area (TPSA) is 139 Å². The van der Waals surface area contributed by atoms with E-state index in [-0.39, 0.29) is 29.4 Å². The Balaban J connectivity index is 0.000000203. The molecular formula is C64H52O10S3. The summed E-state index contributed by atoms with van der Waals surface area (Å²) in [6.07, 6.45) is 0. The highest BCUT2D eigenvalue weighted by molar-refractivity contribution is 7.92. The zero-order valence-electron chi connectivity index (χ0n) is 42.4. The molecule has 0 amide bonds. The van der Waals surface area contributed by atoms with Crippen molar-refractivity contribution in [3.63, 3.8) is 0 Å². The molecule has 0 atom stereocenters. The summed E-state index contributed by atoms with van der Waals surface area (Å²) in [5, 5.41) is 0. The first-order valence-electron chi connectivity index (χ1n) is 24.2. The van der Waals surface area contributed by atoms with E-state index in [2.05, 4.69) is 0 Å². The number of methoxy groups -OCH3 is 2. The molecule has 0 aliphatic heterocycles. The molecule has 0 aromatic heterocycles. The van der Waals surface area contributed by atoms with E-state index in [1.165, 1.54) is 12.1 Å². The molecular weight excluding hydrogens is 1020 g/mol. The quantitative estimate of drug-likeness (QED) is 0.0975. The first kappa shape index (κ1) is 53.1. The molecule has 10 nitrogen and oxygen atoms in total. The maximum atomic E-state index is 13.4. The number of hydrogen-bond acceptors (Lipinski definition) is 10. The lowest BCUT2D eigenvalue weighted by Gasteiger charge is -2.10. The van der Waals surface area contributed by atoms with Gasteiger partial charge < -0.3 is 18.9 Å². The molecule has 0 heterocycles. The highest BCUT2D eigenvalue weighted by atomic mass is 32.2. The van der Waals surface area contributed by atoms with Crippen LogP contribution in [0.15, 0.2) is 272 Å². The van der Waals surface area contributed by atoms with Gasteiger partial charge in [-0.3, -0.25) is 0 Å². The minimum absolute atomic E-state index is 0.146. The molecule has 0 fully saturated rings. The van der Waals surface area contributed by atoms with Gasteiger partial charge >= 0.3 is 0 Å². The SMILES string of the molecule is COc1ccc(-c2ccc(Oc3ccc(S(=O)(=O)c4ccc(-c5ccc(S(=O)(=O)c6ccc(C)cc6)cc5)cc4)cc3)cc2)cc1.COc1ccc(-c2ccc(Oc3ccc(S(=O)(=O)c4ccc(C)cc4)cc3)cc2)cc1. The first-order chi connectivity index (χ1) is 37.1. The summed E-state index contributed by atoms with van der Waals surface area (Å²) in [7, 11) is -7.68. The Morgan fingerprint density at radius 3 is 0.584 bits per heavy atom. The van der Waals surface area contributed by atoms with Crippen LogP contribution in [0.2, 0.25) is 0 Å². The molecule has 0 saturated carbocycles. The predicted octanol–water partition coefficient (Wildman–Crippen LogP) is 15.1. The normalized spacial score (nSPS) is 11.4. The van der Waals surface area contributed by atoms with Crippen molar-refractivity contribution in [1.82, 2.24) is 0 Å². The molecule has 0 spiro atoms. The lowest BCUT2D eigenvalue weighted by atomic mass is 10.1. The van der Waals surface area contributed by atoms with E-state index in [1.54, 1.807) is 148 Å². The number of aryl methyl sites for hydroxylation is 2. The zero-order chi connectivity index (χ0) is 54.2. The summed E-state index contributed by atoms with van der Waals surface area (Å²) in [5.41, 5.74) is 7.76. The Kier molecular flexibility index (Phi) is 15.9.